The summed E-state index contributed by atoms with van der Waals surface area (Å²) in [7, 11) is 9.53. The Balaban J connectivity index is 0.00000101. The molecule has 2 aromatic rings. The van der Waals surface area contributed by atoms with Gasteiger partial charge in [-0.25, -0.2) is 0 Å². The van der Waals surface area contributed by atoms with Gasteiger partial charge in [-0.2, -0.15) is 0 Å². The van der Waals surface area contributed by atoms with Crippen molar-refractivity contribution in [2.24, 2.45) is 9.98 Å². The predicted molar refractivity (Wildman–Crippen MR) is 129 cm³/mol. The Morgan fingerprint density at radius 2 is 1.17 bits per heavy atom. The van der Waals surface area contributed by atoms with Crippen LogP contribution >= 0.6 is 20.2 Å². The minimum atomic E-state index is 0.182. The number of benzene rings is 2. The van der Waals surface area contributed by atoms with E-state index in [0.29, 0.717) is 11.8 Å². The molecule has 1 heterocycles. The number of rotatable bonds is 6. The third kappa shape index (κ3) is 7.83. The summed E-state index contributed by atoms with van der Waals surface area (Å²) in [6.45, 7) is 8.82. The molecule has 3 rings (SSSR count). The quantitative estimate of drug-likeness (QED) is 0.290. The number of halogens is 2. The fourth-order valence-electron chi connectivity index (χ4n) is 3.48. The van der Waals surface area contributed by atoms with E-state index in [1.54, 1.807) is 0 Å². The predicted octanol–water partition coefficient (Wildman–Crippen LogP) is 8.32. The van der Waals surface area contributed by atoms with Crippen molar-refractivity contribution in [3.63, 3.8) is 0 Å². The van der Waals surface area contributed by atoms with Crippen LogP contribution in [0.25, 0.3) is 5.32 Å². The first-order chi connectivity index (χ1) is 14.5. The molecule has 1 aliphatic heterocycles. The summed E-state index contributed by atoms with van der Waals surface area (Å²) >= 11 is 0.194. The molecule has 0 aliphatic carbocycles. The van der Waals surface area contributed by atoms with Gasteiger partial charge in [-0.3, -0.25) is 9.98 Å². The van der Waals surface area contributed by atoms with E-state index in [9.17, 15) is 0 Å². The number of hydrogen-bond donors (Lipinski definition) is 0. The normalized spacial score (nSPS) is 19.1. The monoisotopic (exact) mass is 486 g/mol. The second kappa shape index (κ2) is 13.3. The van der Waals surface area contributed by atoms with Crippen LogP contribution in [0.1, 0.15) is 63.5 Å². The van der Waals surface area contributed by atoms with E-state index in [0.717, 1.165) is 24.2 Å². The van der Waals surface area contributed by atoms with E-state index in [-0.39, 0.29) is 25.2 Å². The third-order valence-electron chi connectivity index (χ3n) is 5.03. The number of hydrogen-bond acceptors (Lipinski definition) is 2. The molecule has 2 unspecified atom stereocenters. The first-order valence-corrected chi connectivity index (χ1v) is 13.3. The zero-order valence-corrected chi connectivity index (χ0v) is 20.6. The van der Waals surface area contributed by atoms with Gasteiger partial charge in [0.1, 0.15) is 0 Å². The molecule has 1 saturated heterocycles. The summed E-state index contributed by atoms with van der Waals surface area (Å²) < 4.78 is 0. The molecule has 0 radical (unpaired) electrons. The van der Waals surface area contributed by atoms with Crippen molar-refractivity contribution in [2.75, 3.05) is 0 Å². The van der Waals surface area contributed by atoms with Crippen LogP contribution in [0.15, 0.2) is 58.5 Å². The van der Waals surface area contributed by atoms with Crippen molar-refractivity contribution < 1.29 is 13.1 Å². The van der Waals surface area contributed by atoms with E-state index < -0.39 is 0 Å². The molecule has 30 heavy (non-hydrogen) atoms. The summed E-state index contributed by atoms with van der Waals surface area (Å²) in [5, 5.41) is 4.87. The average molecular weight is 487 g/mol. The first kappa shape index (κ1) is 25.1. The maximum atomic E-state index is 4.87. The Morgan fingerprint density at radius 3 is 1.53 bits per heavy atom. The van der Waals surface area contributed by atoms with E-state index in [1.807, 2.05) is 24.6 Å². The molecule has 0 saturated carbocycles. The van der Waals surface area contributed by atoms with Gasteiger partial charge in [0.2, 0.25) is 0 Å². The molecule has 3 nitrogen and oxygen atoms in total. The van der Waals surface area contributed by atoms with Gasteiger partial charge in [-0.1, -0.05) is 89.0 Å². The topological polar surface area (TPSA) is 38.8 Å². The van der Waals surface area contributed by atoms with Crippen molar-refractivity contribution in [1.82, 2.24) is 0 Å². The average Bonchev–Trinajstić information content (AvgIpc) is 3.19. The fraction of sp³-hybridized carbons (Fsp3) is 0.417. The van der Waals surface area contributed by atoms with Gasteiger partial charge >= 0.3 is 33.3 Å². The van der Waals surface area contributed by atoms with Crippen LogP contribution in [0, 0.1) is 0 Å². The van der Waals surface area contributed by atoms with Crippen molar-refractivity contribution >= 4 is 44.0 Å². The van der Waals surface area contributed by atoms with Crippen LogP contribution in [0.4, 0.5) is 11.4 Å². The van der Waals surface area contributed by atoms with Crippen LogP contribution in [0.5, 0.6) is 0 Å². The van der Waals surface area contributed by atoms with Crippen LogP contribution in [0.2, 0.25) is 0 Å². The molecule has 1 fully saturated rings. The number of aliphatic imine (C=N–C) groups is 2. The van der Waals surface area contributed by atoms with Gasteiger partial charge in [-0.05, 0) is 47.5 Å². The van der Waals surface area contributed by atoms with Crippen LogP contribution in [0.3, 0.4) is 0 Å². The van der Waals surface area contributed by atoms with Crippen molar-refractivity contribution in [3.05, 3.63) is 65.0 Å². The number of para-hydroxylation sites is 2. The molecule has 0 amide bonds. The summed E-state index contributed by atoms with van der Waals surface area (Å²) in [5.41, 5.74) is 4.70. The second-order valence-electron chi connectivity index (χ2n) is 7.89. The molecule has 6 heteroatoms. The third-order valence-corrected chi connectivity index (χ3v) is 5.03. The van der Waals surface area contributed by atoms with Crippen molar-refractivity contribution in [2.45, 2.75) is 64.5 Å². The van der Waals surface area contributed by atoms with Crippen LogP contribution < -0.4 is 0 Å². The molecule has 2 atom stereocenters. The molecule has 163 valence electrons. The second-order valence-corrected chi connectivity index (χ2v) is 9.72. The SMILES string of the molecule is CC(C)c1ccccc1N=CC1CCC(C=Nc2ccccc2C(C)C)[N-]1.[Cl][Fe+][Cl]. The molecule has 0 N–H and O–H groups in total. The summed E-state index contributed by atoms with van der Waals surface area (Å²) in [6.07, 6.45) is 6.10. The van der Waals surface area contributed by atoms with E-state index in [4.69, 9.17) is 35.5 Å². The Kier molecular flexibility index (Phi) is 11.1. The Hall–Kier alpha value is -1.16. The molecule has 0 spiro atoms. The number of nitrogens with zero attached hydrogens (tertiary/aromatic N) is 3. The molecule has 2 aromatic carbocycles. The van der Waals surface area contributed by atoms with Crippen molar-refractivity contribution in [3.8, 4) is 0 Å². The van der Waals surface area contributed by atoms with Crippen LogP contribution in [-0.4, -0.2) is 24.5 Å². The van der Waals surface area contributed by atoms with E-state index in [2.05, 4.69) is 64.1 Å². The standard InChI is InChI=1S/C24H30N3.2ClH.Fe/c1-17(2)21-9-5-7-11-23(21)25-15-19-13-14-20(27-19)16-26-24-12-8-6-10-22(24)18(3)4;;;/h5-12,15-20H,13-14H2,1-4H3;2*1H;/q-1;;;+3/p-2. The fourth-order valence-corrected chi connectivity index (χ4v) is 3.48. The van der Waals surface area contributed by atoms with Gasteiger partial charge in [0.25, 0.3) is 0 Å². The van der Waals surface area contributed by atoms with Gasteiger partial charge in [0.15, 0.2) is 0 Å². The molecule has 0 bridgehead atoms. The summed E-state index contributed by atoms with van der Waals surface area (Å²) in [5.74, 6) is 0.944. The van der Waals surface area contributed by atoms with Gasteiger partial charge < -0.3 is 5.32 Å². The van der Waals surface area contributed by atoms with Crippen LogP contribution in [-0.2, 0) is 13.1 Å². The van der Waals surface area contributed by atoms with Gasteiger partial charge in [0.05, 0.1) is 11.4 Å². The maximum absolute atomic E-state index is 4.87. The molecule has 1 aliphatic rings. The molecular weight excluding hydrogens is 457 g/mol. The summed E-state index contributed by atoms with van der Waals surface area (Å²) in [4.78, 5) is 9.47. The van der Waals surface area contributed by atoms with Gasteiger partial charge in [-0.15, -0.1) is 0 Å². The zero-order valence-electron chi connectivity index (χ0n) is 17.9. The molecular formula is C24H30Cl2FeN3. The minimum absolute atomic E-state index is 0.182. The molecule has 0 aromatic heterocycles. The zero-order chi connectivity index (χ0) is 21.9. The Bertz CT molecular complexity index is 769. The van der Waals surface area contributed by atoms with E-state index >= 15 is 0 Å². The Labute approximate surface area is 196 Å². The first-order valence-electron chi connectivity index (χ1n) is 10.3. The van der Waals surface area contributed by atoms with Gasteiger partial charge in [0, 0.05) is 0 Å². The van der Waals surface area contributed by atoms with Crippen molar-refractivity contribution in [1.29, 1.82) is 0 Å². The summed E-state index contributed by atoms with van der Waals surface area (Å²) in [6, 6.07) is 17.1. The van der Waals surface area contributed by atoms with E-state index in [1.165, 1.54) is 11.1 Å². The Morgan fingerprint density at radius 1 is 0.800 bits per heavy atom.